The zero-order valence-electron chi connectivity index (χ0n) is 29.3. The average Bonchev–Trinajstić information content (AvgIpc) is 2.96. The molecule has 1 saturated carbocycles. The van der Waals surface area contributed by atoms with E-state index in [0.29, 0.717) is 23.8 Å². The first-order valence-electron chi connectivity index (χ1n) is 15.9. The number of rotatable bonds is 19. The number of carbonyl (C=O) groups is 1. The maximum absolute atomic E-state index is 15.6. The fourth-order valence-electron chi connectivity index (χ4n) is 5.92. The smallest absolute Gasteiger partial charge is 0.436 e. The molecule has 0 aromatic carbocycles. The largest absolute Gasteiger partial charge is 0.478 e. The van der Waals surface area contributed by atoms with E-state index in [1.165, 1.54) is 4.94 Å². The number of amides is 1. The fourth-order valence-corrected chi connectivity index (χ4v) is 19.0. The van der Waals surface area contributed by atoms with Gasteiger partial charge in [0.2, 0.25) is 0 Å². The zero-order valence-corrected chi connectivity index (χ0v) is 32.3. The second-order valence-corrected chi connectivity index (χ2v) is 27.7. The molecule has 0 radical (unpaired) electrons. The Hall–Kier alpha value is -1.13. The summed E-state index contributed by atoms with van der Waals surface area (Å²) in [5.41, 5.74) is -4.64. The predicted molar refractivity (Wildman–Crippen MR) is 162 cm³/mol. The Labute approximate surface area is 293 Å². The lowest BCUT2D eigenvalue weighted by molar-refractivity contribution is -0.554. The molecule has 0 saturated heterocycles. The van der Waals surface area contributed by atoms with Crippen molar-refractivity contribution < 1.29 is 94.1 Å². The number of hydrogen-bond acceptors (Lipinski definition) is 6. The summed E-state index contributed by atoms with van der Waals surface area (Å²) in [6, 6.07) is 0.612. The van der Waals surface area contributed by atoms with Gasteiger partial charge < -0.3 is 18.5 Å². The molecule has 1 rings (SSSR count). The summed E-state index contributed by atoms with van der Waals surface area (Å²) in [6.07, 6.45) is -36.1. The van der Waals surface area contributed by atoms with Gasteiger partial charge in [-0.3, -0.25) is 9.53 Å². The molecule has 0 heterocycles. The molecule has 1 fully saturated rings. The van der Waals surface area contributed by atoms with Gasteiger partial charge in [0.25, 0.3) is 11.6 Å². The van der Waals surface area contributed by atoms with Crippen LogP contribution in [0, 0.1) is 0 Å². The van der Waals surface area contributed by atoms with Crippen molar-refractivity contribution >= 4 is 30.9 Å². The van der Waals surface area contributed by atoms with Crippen LogP contribution in [0.1, 0.15) is 44.9 Å². The molecule has 1 amide bonds. The lowest BCUT2D eigenvalue weighted by Gasteiger charge is -2.44. The van der Waals surface area contributed by atoms with E-state index in [0.717, 1.165) is 13.1 Å². The Morgan fingerprint density at radius 2 is 1.31 bits per heavy atom. The molecule has 7 nitrogen and oxygen atoms in total. The van der Waals surface area contributed by atoms with Gasteiger partial charge in [-0.2, -0.15) is 57.1 Å². The van der Waals surface area contributed by atoms with Crippen LogP contribution in [0.2, 0.25) is 56.9 Å². The molecular weight excluding hydrogens is 804 g/mol. The Morgan fingerprint density at radius 3 is 1.77 bits per heavy atom. The van der Waals surface area contributed by atoms with Gasteiger partial charge in [-0.05, 0) is 74.4 Å². The highest BCUT2D eigenvalue weighted by Gasteiger charge is 2.80. The van der Waals surface area contributed by atoms with Crippen LogP contribution in [0.5, 0.6) is 0 Å². The van der Waals surface area contributed by atoms with E-state index in [2.05, 4.69) is 17.8 Å². The van der Waals surface area contributed by atoms with Gasteiger partial charge in [0.15, 0.2) is 8.32 Å². The van der Waals surface area contributed by atoms with Crippen molar-refractivity contribution in [3.63, 3.8) is 0 Å². The van der Waals surface area contributed by atoms with Crippen molar-refractivity contribution in [3.05, 3.63) is 0 Å². The molecule has 4 unspecified atom stereocenters. The molecule has 310 valence electrons. The van der Waals surface area contributed by atoms with Crippen LogP contribution < -0.4 is 0 Å². The minimum absolute atomic E-state index is 0.00312. The first-order chi connectivity index (χ1) is 22.9. The second-order valence-electron chi connectivity index (χ2n) is 14.7. The number of nitrogens with zero attached hydrogens (tertiary/aromatic N) is 1. The first-order valence-corrected chi connectivity index (χ1v) is 25.2. The van der Waals surface area contributed by atoms with Gasteiger partial charge in [-0.1, -0.05) is 32.0 Å². The number of alkyl halides is 14. The SMILES string of the molecule is CN(C(=O)C(F)(CCCCOC(F)(F)C(F)(OC(F)(F)C(F)(F)OF)C(F)(F)F)C(F)(F)F)C1CCCC([Si](C)(C)CC[Si](C)(C)O[Si](C)(C)O)C1. The monoisotopic (exact) mass is 847 g/mol. The number of halogens is 15. The van der Waals surface area contributed by atoms with Crippen LogP contribution in [-0.2, 0) is 23.3 Å². The number of ether oxygens (including phenoxy) is 2. The van der Waals surface area contributed by atoms with E-state index in [-0.39, 0.29) is 18.4 Å². The molecule has 1 N–H and O–H groups in total. The Morgan fingerprint density at radius 1 is 0.769 bits per heavy atom. The highest BCUT2D eigenvalue weighted by atomic mass is 28.4. The minimum Gasteiger partial charge on any atom is -0.436 e. The second kappa shape index (κ2) is 16.5. The van der Waals surface area contributed by atoms with E-state index >= 15 is 4.39 Å². The van der Waals surface area contributed by atoms with Crippen molar-refractivity contribution in [3.8, 4) is 0 Å². The van der Waals surface area contributed by atoms with Gasteiger partial charge in [-0.15, -0.1) is 4.94 Å². The Balaban J connectivity index is 3.04. The van der Waals surface area contributed by atoms with Crippen molar-refractivity contribution in [2.24, 2.45) is 0 Å². The molecule has 0 aromatic heterocycles. The highest BCUT2D eigenvalue weighted by Crippen LogP contribution is 2.52. The standard InChI is InChI=1S/C27H44F15NO6Si3/c1-43(18-11-10-12-19(17-18)50(2,3)15-16-51(4,5)49-52(6,7)45)20(44)21(28,23(30,31)32)13-8-9-14-46-25(36,37)22(29,24(33,34)35)47-26(38,39)27(40,41)48-42/h18-19,45H,8-17H2,1-7H3. The molecule has 0 spiro atoms. The number of unbranched alkanes of at least 4 members (excludes halogenated alkanes) is 1. The molecule has 1 aliphatic rings. The van der Waals surface area contributed by atoms with Crippen LogP contribution in [-0.4, -0.2) is 102 Å². The highest BCUT2D eigenvalue weighted by molar-refractivity contribution is 6.84. The van der Waals surface area contributed by atoms with Crippen molar-refractivity contribution in [2.75, 3.05) is 13.7 Å². The van der Waals surface area contributed by atoms with Gasteiger partial charge in [0.05, 0.1) is 14.7 Å². The van der Waals surface area contributed by atoms with Crippen LogP contribution >= 0.6 is 0 Å². The van der Waals surface area contributed by atoms with E-state index in [1.54, 1.807) is 13.1 Å². The molecule has 4 atom stereocenters. The van der Waals surface area contributed by atoms with E-state index in [4.69, 9.17) is 4.12 Å². The third-order valence-corrected chi connectivity index (χ3v) is 19.4. The van der Waals surface area contributed by atoms with Crippen LogP contribution in [0.4, 0.5) is 66.0 Å². The molecule has 0 aromatic rings. The van der Waals surface area contributed by atoms with Crippen LogP contribution in [0.3, 0.4) is 0 Å². The van der Waals surface area contributed by atoms with Crippen LogP contribution in [0.15, 0.2) is 0 Å². The van der Waals surface area contributed by atoms with E-state index in [1.807, 2.05) is 17.8 Å². The normalized spacial score (nSPS) is 21.4. The fraction of sp³-hybridized carbons (Fsp3) is 0.963. The zero-order chi connectivity index (χ0) is 41.2. The summed E-state index contributed by atoms with van der Waals surface area (Å²) in [5, 5.41) is 0. The summed E-state index contributed by atoms with van der Waals surface area (Å²) < 4.78 is 214. The lowest BCUT2D eigenvalue weighted by atomic mass is 9.90. The van der Waals surface area contributed by atoms with Crippen molar-refractivity contribution in [1.82, 2.24) is 4.90 Å². The third kappa shape index (κ3) is 11.9. The number of hydrogen-bond donors (Lipinski definition) is 1. The maximum Gasteiger partial charge on any atom is 0.478 e. The summed E-state index contributed by atoms with van der Waals surface area (Å²) in [6.45, 7) is 9.40. The first kappa shape index (κ1) is 48.9. The van der Waals surface area contributed by atoms with E-state index < -0.39 is 105 Å². The van der Waals surface area contributed by atoms with Crippen molar-refractivity contribution in [1.29, 1.82) is 0 Å². The molecule has 52 heavy (non-hydrogen) atoms. The molecular formula is C27H44F15NO6Si3. The Bertz CT molecular complexity index is 1190. The summed E-state index contributed by atoms with van der Waals surface area (Å²) >= 11 is 0. The molecule has 25 heteroatoms. The van der Waals surface area contributed by atoms with Crippen LogP contribution in [0.25, 0.3) is 0 Å². The summed E-state index contributed by atoms with van der Waals surface area (Å²) in [4.78, 5) is 25.2. The van der Waals surface area contributed by atoms with Gasteiger partial charge in [0.1, 0.15) is 0 Å². The Kier molecular flexibility index (Phi) is 15.5. The minimum atomic E-state index is -7.27. The predicted octanol–water partition coefficient (Wildman–Crippen LogP) is 9.76. The quantitative estimate of drug-likeness (QED) is 0.0793. The van der Waals surface area contributed by atoms with Gasteiger partial charge >= 0.3 is 45.1 Å². The maximum atomic E-state index is 15.6. The van der Waals surface area contributed by atoms with Gasteiger partial charge in [-0.25, -0.2) is 4.39 Å². The third-order valence-electron chi connectivity index (χ3n) is 8.95. The average molecular weight is 848 g/mol. The topological polar surface area (TPSA) is 77.5 Å². The lowest BCUT2D eigenvalue weighted by Crippen LogP contribution is -2.63. The molecule has 0 bridgehead atoms. The summed E-state index contributed by atoms with van der Waals surface area (Å²) in [5.74, 6) is -9.14. The number of carbonyl (C=O) groups excluding carboxylic acids is 1. The van der Waals surface area contributed by atoms with Gasteiger partial charge in [0, 0.05) is 13.1 Å². The van der Waals surface area contributed by atoms with E-state index in [9.17, 15) is 71.2 Å². The summed E-state index contributed by atoms with van der Waals surface area (Å²) in [7, 11) is -6.26. The molecule has 0 aliphatic heterocycles. The molecule has 1 aliphatic carbocycles. The van der Waals surface area contributed by atoms with Crippen molar-refractivity contribution in [2.45, 2.75) is 150 Å².